The Morgan fingerprint density at radius 2 is 0.706 bits per heavy atom. The second-order valence-corrected chi connectivity index (χ2v) is 1.86. The van der Waals surface area contributed by atoms with Crippen molar-refractivity contribution >= 4 is 0 Å². The maximum absolute atomic E-state index is 3.25. The predicted octanol–water partition coefficient (Wildman–Crippen LogP) is 6.45. The third kappa shape index (κ3) is 84.3. The normalized spacial score (nSPS) is 4.94. The third-order valence-corrected chi connectivity index (χ3v) is 0.667. The van der Waals surface area contributed by atoms with Crippen LogP contribution < -0.4 is 0 Å². The van der Waals surface area contributed by atoms with E-state index in [-0.39, 0.29) is 38.5 Å². The van der Waals surface area contributed by atoms with Crippen LogP contribution in [0.4, 0.5) is 0 Å². The van der Waals surface area contributed by atoms with Gasteiger partial charge in [-0.2, -0.15) is 6.92 Å². The summed E-state index contributed by atoms with van der Waals surface area (Å²) in [5, 5.41) is 0. The summed E-state index contributed by atoms with van der Waals surface area (Å²) in [7, 11) is 0. The summed E-state index contributed by atoms with van der Waals surface area (Å²) in [6, 6.07) is 12.0. The SMILES string of the molecule is CC.CC.CCC.[CH2-]C.[CH3-].[U+2].c1ccccc1. The zero-order valence-electron chi connectivity index (χ0n) is 13.4. The zero-order chi connectivity index (χ0) is 12.9. The first-order valence-electron chi connectivity index (χ1n) is 6.12. The molecule has 1 aromatic carbocycles. The van der Waals surface area contributed by atoms with Gasteiger partial charge in [0.2, 0.25) is 0 Å². The van der Waals surface area contributed by atoms with Gasteiger partial charge >= 0.3 is 31.1 Å². The Kier molecular flexibility index (Phi) is 152. The molecular weight excluding hydrogens is 430 g/mol. The molecule has 0 saturated carbocycles. The molecule has 1 heteroatoms. The van der Waals surface area contributed by atoms with Crippen molar-refractivity contribution in [3.63, 3.8) is 0 Å². The van der Waals surface area contributed by atoms with Crippen molar-refractivity contribution in [2.75, 3.05) is 0 Å². The molecule has 1 rings (SSSR count). The first-order valence-corrected chi connectivity index (χ1v) is 6.12. The van der Waals surface area contributed by atoms with Gasteiger partial charge in [0.15, 0.2) is 0 Å². The molecule has 0 fully saturated rings. The molecule has 17 heavy (non-hydrogen) atoms. The van der Waals surface area contributed by atoms with E-state index in [9.17, 15) is 0 Å². The van der Waals surface area contributed by atoms with Gasteiger partial charge in [-0.15, -0.1) is 0 Å². The number of hydrogen-bond acceptors (Lipinski definition) is 0. The van der Waals surface area contributed by atoms with Crippen LogP contribution in [0.1, 0.15) is 54.9 Å². The Morgan fingerprint density at radius 1 is 0.647 bits per heavy atom. The van der Waals surface area contributed by atoms with Crippen LogP contribution in [0.25, 0.3) is 0 Å². The molecule has 0 heterocycles. The van der Waals surface area contributed by atoms with Crippen LogP contribution in [0, 0.1) is 45.5 Å². The fraction of sp³-hybridized carbons (Fsp3) is 0.500. The van der Waals surface area contributed by atoms with Gasteiger partial charge in [-0.05, 0) is 0 Å². The summed E-state index contributed by atoms with van der Waals surface area (Å²) in [5.74, 6) is 0. The number of hydrogen-bond donors (Lipinski definition) is 0. The minimum Gasteiger partial charge on any atom is -0.358 e. The average molecular weight is 464 g/mol. The first kappa shape index (κ1) is 36.0. The van der Waals surface area contributed by atoms with Gasteiger partial charge in [0.05, 0.1) is 0 Å². The molecule has 0 aliphatic rings. The van der Waals surface area contributed by atoms with Gasteiger partial charge in [-0.3, -0.25) is 0 Å². The summed E-state index contributed by atoms with van der Waals surface area (Å²) in [6.45, 7) is 17.2. The minimum absolute atomic E-state index is 0. The first-order chi connectivity index (χ1) is 7.41. The van der Waals surface area contributed by atoms with Crippen LogP contribution in [0.3, 0.4) is 0 Å². The number of rotatable bonds is 0. The van der Waals surface area contributed by atoms with Crippen molar-refractivity contribution in [3.05, 3.63) is 50.7 Å². The Hall–Kier alpha value is 0.272. The molecule has 0 radical (unpaired) electrons. The molecule has 0 spiro atoms. The Morgan fingerprint density at radius 3 is 0.765 bits per heavy atom. The van der Waals surface area contributed by atoms with E-state index >= 15 is 0 Å². The van der Waals surface area contributed by atoms with E-state index in [1.165, 1.54) is 6.42 Å². The molecule has 0 amide bonds. The van der Waals surface area contributed by atoms with Gasteiger partial charge < -0.3 is 14.4 Å². The number of benzene rings is 1. The van der Waals surface area contributed by atoms with Crippen LogP contribution in [-0.4, -0.2) is 0 Å². The van der Waals surface area contributed by atoms with Crippen LogP contribution in [-0.2, 0) is 0 Å². The Balaban J connectivity index is -0.0000000244. The van der Waals surface area contributed by atoms with E-state index in [1.807, 2.05) is 64.1 Å². The molecule has 0 aliphatic heterocycles. The van der Waals surface area contributed by atoms with Crippen molar-refractivity contribution in [1.29, 1.82) is 0 Å². The van der Waals surface area contributed by atoms with Gasteiger partial charge in [-0.1, -0.05) is 84.4 Å². The molecular formula is C16H34U. The molecule has 0 nitrogen and oxygen atoms in total. The predicted molar refractivity (Wildman–Crippen MR) is 82.5 cm³/mol. The van der Waals surface area contributed by atoms with E-state index in [1.54, 1.807) is 6.92 Å². The van der Waals surface area contributed by atoms with Gasteiger partial charge in [0, 0.05) is 0 Å². The van der Waals surface area contributed by atoms with Crippen LogP contribution in [0.2, 0.25) is 0 Å². The topological polar surface area (TPSA) is 0 Å². The second-order valence-electron chi connectivity index (χ2n) is 1.86. The summed E-state index contributed by atoms with van der Waals surface area (Å²) >= 11 is 0. The Bertz CT molecular complexity index is 88.4. The molecule has 0 bridgehead atoms. The maximum atomic E-state index is 3.25. The maximum Gasteiger partial charge on any atom is 2.00 e. The largest absolute Gasteiger partial charge is 2.00 e. The smallest absolute Gasteiger partial charge is 0.358 e. The molecule has 1 aromatic rings. The zero-order valence-corrected chi connectivity index (χ0v) is 17.5. The van der Waals surface area contributed by atoms with Crippen molar-refractivity contribution < 1.29 is 31.1 Å². The van der Waals surface area contributed by atoms with Crippen molar-refractivity contribution in [2.24, 2.45) is 0 Å². The van der Waals surface area contributed by atoms with E-state index < -0.39 is 0 Å². The molecule has 0 aromatic heterocycles. The standard InChI is InChI=1S/C6H6.C3H8.2C2H6.C2H5.CH3.U/c1-2-4-6-5-3-1;1-3-2;3*1-2;;/h1-6H;3H2,1-2H3;2*1-2H3;1H2,2H3;1H3;/q;;;;2*-1;+2. The van der Waals surface area contributed by atoms with Crippen molar-refractivity contribution in [2.45, 2.75) is 54.9 Å². The molecule has 0 aliphatic carbocycles. The minimum atomic E-state index is 0. The van der Waals surface area contributed by atoms with Crippen LogP contribution in [0.5, 0.6) is 0 Å². The van der Waals surface area contributed by atoms with E-state index in [0.717, 1.165) is 0 Å². The van der Waals surface area contributed by atoms with Crippen LogP contribution >= 0.6 is 0 Å². The monoisotopic (exact) mass is 464 g/mol. The molecule has 102 valence electrons. The third-order valence-electron chi connectivity index (χ3n) is 0.667. The van der Waals surface area contributed by atoms with Crippen LogP contribution in [0.15, 0.2) is 36.4 Å². The summed E-state index contributed by atoms with van der Waals surface area (Å²) in [5.41, 5.74) is 0. The molecule has 0 saturated heterocycles. The van der Waals surface area contributed by atoms with Gasteiger partial charge in [0.1, 0.15) is 0 Å². The molecule has 0 unspecified atom stereocenters. The van der Waals surface area contributed by atoms with Crippen molar-refractivity contribution in [3.8, 4) is 0 Å². The Labute approximate surface area is 136 Å². The fourth-order valence-corrected chi connectivity index (χ4v) is 0.385. The summed E-state index contributed by atoms with van der Waals surface area (Å²) in [6.07, 6.45) is 1.25. The quantitative estimate of drug-likeness (QED) is 0.388. The van der Waals surface area contributed by atoms with Gasteiger partial charge in [-0.25, -0.2) is 0 Å². The fourth-order valence-electron chi connectivity index (χ4n) is 0.385. The molecule has 0 atom stereocenters. The van der Waals surface area contributed by atoms with E-state index in [4.69, 9.17) is 0 Å². The van der Waals surface area contributed by atoms with E-state index in [2.05, 4.69) is 20.8 Å². The van der Waals surface area contributed by atoms with E-state index in [0.29, 0.717) is 0 Å². The second kappa shape index (κ2) is 71.8. The summed E-state index contributed by atoms with van der Waals surface area (Å²) < 4.78 is 0. The average Bonchev–Trinajstić information content (AvgIpc) is 2.40. The van der Waals surface area contributed by atoms with Crippen molar-refractivity contribution in [1.82, 2.24) is 0 Å². The van der Waals surface area contributed by atoms with Gasteiger partial charge in [0.25, 0.3) is 0 Å². The summed E-state index contributed by atoms with van der Waals surface area (Å²) in [4.78, 5) is 0. The molecule has 0 N–H and O–H groups in total.